The number of nitrogens with zero attached hydrogens (tertiary/aromatic N) is 2. The van der Waals surface area contributed by atoms with Crippen molar-refractivity contribution in [3.8, 4) is 0 Å². The van der Waals surface area contributed by atoms with Gasteiger partial charge in [-0.2, -0.15) is 0 Å². The van der Waals surface area contributed by atoms with E-state index in [2.05, 4.69) is 20.5 Å². The average molecular weight is 384 g/mol. The van der Waals surface area contributed by atoms with Crippen molar-refractivity contribution >= 4 is 28.6 Å². The summed E-state index contributed by atoms with van der Waals surface area (Å²) in [5.41, 5.74) is 2.46. The molecular weight excluding hydrogens is 356 g/mol. The minimum Gasteiger partial charge on any atom is -0.466 e. The zero-order valence-corrected chi connectivity index (χ0v) is 16.5. The Morgan fingerprint density at radius 1 is 1.32 bits per heavy atom. The Bertz CT molecular complexity index is 840. The fraction of sp³-hybridized carbons (Fsp3) is 0.476. The molecule has 1 aliphatic rings. The van der Waals surface area contributed by atoms with E-state index in [0.717, 1.165) is 41.7 Å². The van der Waals surface area contributed by atoms with Gasteiger partial charge in [-0.05, 0) is 45.4 Å². The van der Waals surface area contributed by atoms with Crippen LogP contribution in [0.5, 0.6) is 0 Å². The van der Waals surface area contributed by atoms with Crippen LogP contribution in [0.15, 0.2) is 30.3 Å². The van der Waals surface area contributed by atoms with Crippen LogP contribution in [0.3, 0.4) is 0 Å². The largest absolute Gasteiger partial charge is 0.466 e. The number of para-hydroxylation sites is 1. The highest BCUT2D eigenvalue weighted by Gasteiger charge is 2.26. The quantitative estimate of drug-likeness (QED) is 0.748. The number of pyridine rings is 1. The number of anilines is 1. The van der Waals surface area contributed by atoms with Gasteiger partial charge in [0.15, 0.2) is 0 Å². The van der Waals surface area contributed by atoms with Gasteiger partial charge in [0.2, 0.25) is 0 Å². The van der Waals surface area contributed by atoms with Crippen LogP contribution in [-0.2, 0) is 9.53 Å². The number of esters is 1. The number of hydrogen-bond donors (Lipinski definition) is 2. The third-order valence-corrected chi connectivity index (χ3v) is 4.93. The van der Waals surface area contributed by atoms with Crippen molar-refractivity contribution in [3.05, 3.63) is 36.0 Å². The Morgan fingerprint density at radius 3 is 2.96 bits per heavy atom. The van der Waals surface area contributed by atoms with E-state index in [1.54, 1.807) is 0 Å². The molecule has 1 saturated heterocycles. The van der Waals surface area contributed by atoms with Gasteiger partial charge in [0.05, 0.1) is 23.7 Å². The van der Waals surface area contributed by atoms with E-state index in [-0.39, 0.29) is 17.9 Å². The Morgan fingerprint density at radius 2 is 2.14 bits per heavy atom. The molecule has 2 heterocycles. The minimum absolute atomic E-state index is 0.0614. The molecule has 28 heavy (non-hydrogen) atoms. The summed E-state index contributed by atoms with van der Waals surface area (Å²) in [5, 5.41) is 6.74. The summed E-state index contributed by atoms with van der Waals surface area (Å²) in [6, 6.07) is 9.37. The van der Waals surface area contributed by atoms with Crippen molar-refractivity contribution in [1.82, 2.24) is 15.2 Å². The monoisotopic (exact) mass is 384 g/mol. The molecule has 0 spiro atoms. The number of amides is 2. The smallest absolute Gasteiger partial charge is 0.319 e. The number of carbonyl (C=O) groups excluding carboxylic acids is 2. The number of nitrogens with one attached hydrogen (secondary N) is 2. The van der Waals surface area contributed by atoms with E-state index in [4.69, 9.17) is 4.74 Å². The SMILES string of the molecule is CCOC(=O)C1CCCN(CCNC(=O)Nc2cc(C)nc3ccccc23)C1. The Kier molecular flexibility index (Phi) is 6.81. The van der Waals surface area contributed by atoms with Crippen molar-refractivity contribution in [1.29, 1.82) is 0 Å². The van der Waals surface area contributed by atoms with Gasteiger partial charge >= 0.3 is 12.0 Å². The molecule has 7 heteroatoms. The number of piperidine rings is 1. The molecule has 1 unspecified atom stereocenters. The highest BCUT2D eigenvalue weighted by molar-refractivity contribution is 6.00. The van der Waals surface area contributed by atoms with Crippen molar-refractivity contribution in [2.45, 2.75) is 26.7 Å². The van der Waals surface area contributed by atoms with Crippen LogP contribution in [0.1, 0.15) is 25.5 Å². The van der Waals surface area contributed by atoms with Gasteiger partial charge in [-0.1, -0.05) is 18.2 Å². The third-order valence-electron chi connectivity index (χ3n) is 4.93. The number of rotatable bonds is 6. The number of likely N-dealkylation sites (tertiary alicyclic amines) is 1. The van der Waals surface area contributed by atoms with Crippen LogP contribution >= 0.6 is 0 Å². The molecule has 1 aliphatic heterocycles. The Labute approximate surface area is 165 Å². The summed E-state index contributed by atoms with van der Waals surface area (Å²) in [5.74, 6) is -0.175. The fourth-order valence-corrected chi connectivity index (χ4v) is 3.62. The second kappa shape index (κ2) is 9.50. The standard InChI is InChI=1S/C21H28N4O3/c1-3-28-20(26)16-7-6-11-25(14-16)12-10-22-21(27)24-19-13-15(2)23-18-9-5-4-8-17(18)19/h4-5,8-9,13,16H,3,6-7,10-12,14H2,1-2H3,(H2,22,23,24,27). The summed E-state index contributed by atoms with van der Waals surface area (Å²) >= 11 is 0. The van der Waals surface area contributed by atoms with E-state index in [1.807, 2.05) is 44.2 Å². The zero-order valence-electron chi connectivity index (χ0n) is 16.5. The molecule has 0 radical (unpaired) electrons. The molecule has 1 aromatic carbocycles. The molecular formula is C21H28N4O3. The van der Waals surface area contributed by atoms with Crippen molar-refractivity contribution in [3.63, 3.8) is 0 Å². The van der Waals surface area contributed by atoms with E-state index in [9.17, 15) is 9.59 Å². The zero-order chi connectivity index (χ0) is 19.9. The minimum atomic E-state index is -0.241. The first-order valence-corrected chi connectivity index (χ1v) is 9.87. The predicted octanol–water partition coefficient (Wildman–Crippen LogP) is 2.94. The summed E-state index contributed by atoms with van der Waals surface area (Å²) in [6.45, 7) is 7.01. The lowest BCUT2D eigenvalue weighted by Crippen LogP contribution is -2.43. The van der Waals surface area contributed by atoms with E-state index in [1.165, 1.54) is 0 Å². The summed E-state index contributed by atoms with van der Waals surface area (Å²) in [7, 11) is 0. The summed E-state index contributed by atoms with van der Waals surface area (Å²) in [4.78, 5) is 31.0. The maximum Gasteiger partial charge on any atom is 0.319 e. The molecule has 0 aliphatic carbocycles. The molecule has 1 aromatic heterocycles. The second-order valence-corrected chi connectivity index (χ2v) is 7.10. The lowest BCUT2D eigenvalue weighted by atomic mass is 9.98. The van der Waals surface area contributed by atoms with Gasteiger partial charge < -0.3 is 20.3 Å². The molecule has 1 fully saturated rings. The molecule has 0 bridgehead atoms. The summed E-state index contributed by atoms with van der Waals surface area (Å²) in [6.07, 6.45) is 1.84. The third kappa shape index (κ3) is 5.19. The predicted molar refractivity (Wildman–Crippen MR) is 109 cm³/mol. The molecule has 1 atom stereocenters. The van der Waals surface area contributed by atoms with Crippen molar-refractivity contribution in [2.75, 3.05) is 38.1 Å². The number of carbonyl (C=O) groups is 2. The maximum absolute atomic E-state index is 12.3. The maximum atomic E-state index is 12.3. The molecule has 2 N–H and O–H groups in total. The lowest BCUT2D eigenvalue weighted by molar-refractivity contribution is -0.149. The molecule has 2 aromatic rings. The number of benzene rings is 1. The van der Waals surface area contributed by atoms with Gasteiger partial charge in [0.1, 0.15) is 0 Å². The molecule has 2 amide bonds. The van der Waals surface area contributed by atoms with Crippen LogP contribution in [0, 0.1) is 12.8 Å². The Hall–Kier alpha value is -2.67. The topological polar surface area (TPSA) is 83.6 Å². The van der Waals surface area contributed by atoms with Crippen LogP contribution in [0.4, 0.5) is 10.5 Å². The van der Waals surface area contributed by atoms with E-state index in [0.29, 0.717) is 26.2 Å². The number of ether oxygens (including phenoxy) is 1. The van der Waals surface area contributed by atoms with Crippen LogP contribution in [-0.4, -0.2) is 54.7 Å². The van der Waals surface area contributed by atoms with Gasteiger partial charge in [-0.3, -0.25) is 9.78 Å². The van der Waals surface area contributed by atoms with Gasteiger partial charge in [-0.25, -0.2) is 4.79 Å². The first-order chi connectivity index (χ1) is 13.6. The van der Waals surface area contributed by atoms with Crippen LogP contribution in [0.2, 0.25) is 0 Å². The normalized spacial score (nSPS) is 17.3. The Balaban J connectivity index is 1.49. The summed E-state index contributed by atoms with van der Waals surface area (Å²) < 4.78 is 5.13. The second-order valence-electron chi connectivity index (χ2n) is 7.10. The lowest BCUT2D eigenvalue weighted by Gasteiger charge is -2.31. The number of aromatic nitrogens is 1. The molecule has 7 nitrogen and oxygen atoms in total. The molecule has 0 saturated carbocycles. The highest BCUT2D eigenvalue weighted by atomic mass is 16.5. The van der Waals surface area contributed by atoms with E-state index < -0.39 is 0 Å². The average Bonchev–Trinajstić information content (AvgIpc) is 2.68. The van der Waals surface area contributed by atoms with Gasteiger partial charge in [0.25, 0.3) is 0 Å². The van der Waals surface area contributed by atoms with Gasteiger partial charge in [-0.15, -0.1) is 0 Å². The number of fused-ring (bicyclic) bond motifs is 1. The fourth-order valence-electron chi connectivity index (χ4n) is 3.62. The molecule has 3 rings (SSSR count). The number of aryl methyl sites for hydroxylation is 1. The number of hydrogen-bond acceptors (Lipinski definition) is 5. The van der Waals surface area contributed by atoms with Crippen molar-refractivity contribution < 1.29 is 14.3 Å². The highest BCUT2D eigenvalue weighted by Crippen LogP contribution is 2.22. The number of urea groups is 1. The van der Waals surface area contributed by atoms with Gasteiger partial charge in [0, 0.05) is 30.7 Å². The van der Waals surface area contributed by atoms with Crippen LogP contribution in [0.25, 0.3) is 10.9 Å². The first-order valence-electron chi connectivity index (χ1n) is 9.87. The van der Waals surface area contributed by atoms with Crippen LogP contribution < -0.4 is 10.6 Å². The van der Waals surface area contributed by atoms with Crippen molar-refractivity contribution in [2.24, 2.45) is 5.92 Å². The van der Waals surface area contributed by atoms with E-state index >= 15 is 0 Å². The molecule has 150 valence electrons. The first kappa shape index (κ1) is 20.1.